The Labute approximate surface area is 90.9 Å². The van der Waals surface area contributed by atoms with Gasteiger partial charge < -0.3 is 9.40 Å². The van der Waals surface area contributed by atoms with Gasteiger partial charge in [0.15, 0.2) is 11.6 Å². The van der Waals surface area contributed by atoms with Gasteiger partial charge in [-0.2, -0.15) is 0 Å². The molecule has 0 spiro atoms. The molecule has 0 aliphatic rings. The van der Waals surface area contributed by atoms with Crippen molar-refractivity contribution < 1.29 is 9.21 Å². The molecule has 4 nitrogen and oxygen atoms in total. The first kappa shape index (κ1) is 8.91. The molecule has 0 saturated heterocycles. The fourth-order valence-corrected chi connectivity index (χ4v) is 1.60. The molecule has 0 unspecified atom stereocenters. The number of aromatic amines is 1. The highest BCUT2D eigenvalue weighted by atomic mass is 16.3. The zero-order valence-electron chi connectivity index (χ0n) is 8.31. The van der Waals surface area contributed by atoms with Crippen molar-refractivity contribution in [2.45, 2.75) is 0 Å². The third kappa shape index (κ3) is 1.32. The summed E-state index contributed by atoms with van der Waals surface area (Å²) in [6, 6.07) is 9.22. The van der Waals surface area contributed by atoms with Crippen LogP contribution in [-0.2, 0) is 0 Å². The highest BCUT2D eigenvalue weighted by Crippen LogP contribution is 2.20. The molecule has 16 heavy (non-hydrogen) atoms. The molecule has 1 N–H and O–H groups in total. The van der Waals surface area contributed by atoms with E-state index in [1.165, 1.54) is 6.20 Å². The van der Waals surface area contributed by atoms with Crippen molar-refractivity contribution >= 4 is 16.8 Å². The molecule has 3 aromatic rings. The number of carbonyl (C=O) groups excluding carboxylic acids is 1. The first-order valence-corrected chi connectivity index (χ1v) is 4.87. The SMILES string of the molecule is O=C(c1ncc[nH]1)c1cc2ccccc2o1. The molecule has 0 amide bonds. The Morgan fingerprint density at radius 1 is 1.31 bits per heavy atom. The van der Waals surface area contributed by atoms with Gasteiger partial charge in [-0.15, -0.1) is 0 Å². The maximum Gasteiger partial charge on any atom is 0.263 e. The Morgan fingerprint density at radius 3 is 2.94 bits per heavy atom. The van der Waals surface area contributed by atoms with E-state index in [1.807, 2.05) is 24.3 Å². The number of hydrogen-bond acceptors (Lipinski definition) is 3. The summed E-state index contributed by atoms with van der Waals surface area (Å²) in [7, 11) is 0. The highest BCUT2D eigenvalue weighted by molar-refractivity contribution is 6.06. The lowest BCUT2D eigenvalue weighted by molar-refractivity contribution is 0.100. The van der Waals surface area contributed by atoms with E-state index in [9.17, 15) is 4.79 Å². The van der Waals surface area contributed by atoms with Gasteiger partial charge in [-0.1, -0.05) is 18.2 Å². The Balaban J connectivity index is 2.10. The van der Waals surface area contributed by atoms with Gasteiger partial charge in [0.2, 0.25) is 0 Å². The molecule has 2 aromatic heterocycles. The number of benzene rings is 1. The minimum atomic E-state index is -0.235. The molecule has 4 heteroatoms. The van der Waals surface area contributed by atoms with Gasteiger partial charge in [-0.25, -0.2) is 4.98 Å². The van der Waals surface area contributed by atoms with E-state index >= 15 is 0 Å². The number of nitrogens with one attached hydrogen (secondary N) is 1. The second-order valence-electron chi connectivity index (χ2n) is 3.42. The van der Waals surface area contributed by atoms with Crippen LogP contribution >= 0.6 is 0 Å². The number of imidazole rings is 1. The van der Waals surface area contributed by atoms with Gasteiger partial charge in [0.1, 0.15) is 5.58 Å². The molecular formula is C12H8N2O2. The number of rotatable bonds is 2. The molecule has 0 saturated carbocycles. The van der Waals surface area contributed by atoms with Crippen molar-refractivity contribution in [2.24, 2.45) is 0 Å². The third-order valence-corrected chi connectivity index (χ3v) is 2.36. The van der Waals surface area contributed by atoms with Crippen LogP contribution in [0.2, 0.25) is 0 Å². The van der Waals surface area contributed by atoms with Gasteiger partial charge in [-0.3, -0.25) is 4.79 Å². The number of aromatic nitrogens is 2. The number of ketones is 1. The van der Waals surface area contributed by atoms with Gasteiger partial charge in [0.05, 0.1) is 0 Å². The smallest absolute Gasteiger partial charge is 0.263 e. The number of hydrogen-bond donors (Lipinski definition) is 1. The molecule has 0 aliphatic heterocycles. The minimum Gasteiger partial charge on any atom is -0.452 e. The van der Waals surface area contributed by atoms with Crippen LogP contribution in [0.4, 0.5) is 0 Å². The number of H-pyrrole nitrogens is 1. The van der Waals surface area contributed by atoms with Crippen LogP contribution in [-0.4, -0.2) is 15.8 Å². The van der Waals surface area contributed by atoms with Crippen molar-refractivity contribution in [1.29, 1.82) is 0 Å². The first-order valence-electron chi connectivity index (χ1n) is 4.87. The number of fused-ring (bicyclic) bond motifs is 1. The number of carbonyl (C=O) groups is 1. The van der Waals surface area contributed by atoms with E-state index in [-0.39, 0.29) is 5.78 Å². The molecule has 1 aromatic carbocycles. The van der Waals surface area contributed by atoms with Crippen molar-refractivity contribution in [1.82, 2.24) is 9.97 Å². The Hall–Kier alpha value is -2.36. The summed E-state index contributed by atoms with van der Waals surface area (Å²) >= 11 is 0. The fourth-order valence-electron chi connectivity index (χ4n) is 1.60. The highest BCUT2D eigenvalue weighted by Gasteiger charge is 2.15. The van der Waals surface area contributed by atoms with Crippen LogP contribution in [0, 0.1) is 0 Å². The predicted molar refractivity (Wildman–Crippen MR) is 58.2 cm³/mol. The summed E-state index contributed by atoms with van der Waals surface area (Å²) < 4.78 is 5.44. The summed E-state index contributed by atoms with van der Waals surface area (Å²) in [4.78, 5) is 18.5. The van der Waals surface area contributed by atoms with Crippen molar-refractivity contribution in [2.75, 3.05) is 0 Å². The standard InChI is InChI=1S/C12H8N2O2/c15-11(12-13-5-6-14-12)10-7-8-3-1-2-4-9(8)16-10/h1-7H,(H,13,14). The molecule has 0 fully saturated rings. The normalized spacial score (nSPS) is 10.8. The average molecular weight is 212 g/mol. The maximum atomic E-state index is 11.9. The average Bonchev–Trinajstić information content (AvgIpc) is 2.97. The maximum absolute atomic E-state index is 11.9. The van der Waals surface area contributed by atoms with Crippen LogP contribution in [0.3, 0.4) is 0 Å². The lowest BCUT2D eigenvalue weighted by Crippen LogP contribution is -2.01. The molecule has 0 atom stereocenters. The molecule has 78 valence electrons. The summed E-state index contributed by atoms with van der Waals surface area (Å²) in [6.45, 7) is 0. The number of nitrogens with zero attached hydrogens (tertiary/aromatic N) is 1. The minimum absolute atomic E-state index is 0.235. The third-order valence-electron chi connectivity index (χ3n) is 2.36. The molecule has 0 aliphatic carbocycles. The quantitative estimate of drug-likeness (QED) is 0.663. The Morgan fingerprint density at radius 2 is 2.19 bits per heavy atom. The monoisotopic (exact) mass is 212 g/mol. The van der Waals surface area contributed by atoms with Crippen LogP contribution < -0.4 is 0 Å². The van der Waals surface area contributed by atoms with Crippen LogP contribution in [0.1, 0.15) is 16.4 Å². The molecule has 2 heterocycles. The number of para-hydroxylation sites is 1. The largest absolute Gasteiger partial charge is 0.452 e. The van der Waals surface area contributed by atoms with Crippen molar-refractivity contribution in [3.8, 4) is 0 Å². The van der Waals surface area contributed by atoms with E-state index in [4.69, 9.17) is 4.42 Å². The lowest BCUT2D eigenvalue weighted by atomic mass is 10.2. The topological polar surface area (TPSA) is 58.9 Å². The van der Waals surface area contributed by atoms with Gasteiger partial charge >= 0.3 is 0 Å². The Kier molecular flexibility index (Phi) is 1.86. The fraction of sp³-hybridized carbons (Fsp3) is 0. The zero-order chi connectivity index (χ0) is 11.0. The van der Waals surface area contributed by atoms with Crippen molar-refractivity contribution in [3.05, 3.63) is 54.3 Å². The van der Waals surface area contributed by atoms with E-state index < -0.39 is 0 Å². The summed E-state index contributed by atoms with van der Waals surface area (Å²) in [6.07, 6.45) is 3.14. The van der Waals surface area contributed by atoms with Gasteiger partial charge in [-0.05, 0) is 12.1 Å². The summed E-state index contributed by atoms with van der Waals surface area (Å²) in [5, 5.41) is 0.914. The van der Waals surface area contributed by atoms with E-state index in [0.29, 0.717) is 17.2 Å². The first-order chi connectivity index (χ1) is 7.84. The van der Waals surface area contributed by atoms with Crippen molar-refractivity contribution in [3.63, 3.8) is 0 Å². The van der Waals surface area contributed by atoms with Crippen LogP contribution in [0.5, 0.6) is 0 Å². The number of furan rings is 1. The summed E-state index contributed by atoms with van der Waals surface area (Å²) in [5.41, 5.74) is 0.706. The molecule has 0 bridgehead atoms. The molecule has 3 rings (SSSR count). The van der Waals surface area contributed by atoms with E-state index in [0.717, 1.165) is 5.39 Å². The van der Waals surface area contributed by atoms with E-state index in [2.05, 4.69) is 9.97 Å². The lowest BCUT2D eigenvalue weighted by Gasteiger charge is -1.89. The van der Waals surface area contributed by atoms with Crippen LogP contribution in [0.25, 0.3) is 11.0 Å². The van der Waals surface area contributed by atoms with Gasteiger partial charge in [0, 0.05) is 17.8 Å². The summed E-state index contributed by atoms with van der Waals surface area (Å²) in [5.74, 6) is 0.358. The van der Waals surface area contributed by atoms with Crippen LogP contribution in [0.15, 0.2) is 47.1 Å². The second-order valence-corrected chi connectivity index (χ2v) is 3.42. The zero-order valence-corrected chi connectivity index (χ0v) is 8.31. The molecule has 0 radical (unpaired) electrons. The van der Waals surface area contributed by atoms with Gasteiger partial charge in [0.25, 0.3) is 5.78 Å². The van der Waals surface area contributed by atoms with E-state index in [1.54, 1.807) is 12.3 Å². The Bertz CT molecular complexity index is 605. The predicted octanol–water partition coefficient (Wildman–Crippen LogP) is 2.39. The second kappa shape index (κ2) is 3.34. The molecular weight excluding hydrogens is 204 g/mol.